The Morgan fingerprint density at radius 3 is 1.92 bits per heavy atom. The van der Waals surface area contributed by atoms with E-state index in [1.807, 2.05) is 18.7 Å². The van der Waals surface area contributed by atoms with Crippen molar-refractivity contribution in [2.24, 2.45) is 0 Å². The Hall–Kier alpha value is -1.71. The van der Waals surface area contributed by atoms with Crippen LogP contribution in [-0.4, -0.2) is 94.9 Å². The number of aliphatic carboxylic acids is 3. The molecule has 9 heteroatoms. The smallest absolute Gasteiger partial charge is 0.317 e. The fraction of sp³-hybridized carbons (Fsp3) is 0.800. The van der Waals surface area contributed by atoms with E-state index in [1.54, 1.807) is 4.90 Å². The third-order valence-electron chi connectivity index (χ3n) is 3.74. The van der Waals surface area contributed by atoms with E-state index in [0.717, 1.165) is 12.8 Å². The molecule has 0 aromatic carbocycles. The Kier molecular flexibility index (Phi) is 11.8. The van der Waals surface area contributed by atoms with Crippen molar-refractivity contribution in [1.82, 2.24) is 15.1 Å². The highest BCUT2D eigenvalue weighted by Crippen LogP contribution is 2.08. The Labute approximate surface area is 142 Å². The second-order valence-corrected chi connectivity index (χ2v) is 5.57. The van der Waals surface area contributed by atoms with Crippen LogP contribution in [0.1, 0.15) is 26.7 Å². The topological polar surface area (TPSA) is 130 Å². The van der Waals surface area contributed by atoms with Crippen molar-refractivity contribution >= 4 is 17.9 Å². The summed E-state index contributed by atoms with van der Waals surface area (Å²) in [5.41, 5.74) is 0. The second-order valence-electron chi connectivity index (χ2n) is 5.57. The first-order valence-electron chi connectivity index (χ1n) is 8.12. The number of nitrogens with zero attached hydrogens (tertiary/aromatic N) is 2. The van der Waals surface area contributed by atoms with Gasteiger partial charge in [-0.05, 0) is 12.8 Å². The predicted octanol–water partition coefficient (Wildman–Crippen LogP) is -0.378. The van der Waals surface area contributed by atoms with E-state index in [9.17, 15) is 14.4 Å². The summed E-state index contributed by atoms with van der Waals surface area (Å²) in [7, 11) is 0. The molecule has 0 saturated carbocycles. The van der Waals surface area contributed by atoms with Crippen LogP contribution in [0.3, 0.4) is 0 Å². The molecule has 0 atom stereocenters. The number of carbonyl (C=O) groups is 3. The van der Waals surface area contributed by atoms with E-state index in [-0.39, 0.29) is 25.7 Å². The molecule has 0 saturated heterocycles. The Bertz CT molecular complexity index is 401. The van der Waals surface area contributed by atoms with Crippen molar-refractivity contribution in [3.63, 3.8) is 0 Å². The van der Waals surface area contributed by atoms with Crippen molar-refractivity contribution in [2.45, 2.75) is 32.7 Å². The molecular formula is C15H29N3O6. The summed E-state index contributed by atoms with van der Waals surface area (Å²) in [5, 5.41) is 29.3. The maximum atomic E-state index is 11.0. The quantitative estimate of drug-likeness (QED) is 0.293. The Morgan fingerprint density at radius 2 is 1.46 bits per heavy atom. The van der Waals surface area contributed by atoms with Crippen molar-refractivity contribution in [2.75, 3.05) is 45.8 Å². The molecular weight excluding hydrogens is 318 g/mol. The molecule has 0 fully saturated rings. The lowest BCUT2D eigenvalue weighted by molar-refractivity contribution is -0.140. The summed E-state index contributed by atoms with van der Waals surface area (Å²) in [4.78, 5) is 36.0. The molecule has 0 aliphatic rings. The highest BCUT2D eigenvalue weighted by molar-refractivity contribution is 5.69. The number of nitrogens with one attached hydrogen (secondary N) is 1. The number of rotatable bonds is 15. The molecule has 24 heavy (non-hydrogen) atoms. The van der Waals surface area contributed by atoms with E-state index in [2.05, 4.69) is 5.32 Å². The van der Waals surface area contributed by atoms with Gasteiger partial charge in [-0.25, -0.2) is 0 Å². The number of hydrogen-bond donors (Lipinski definition) is 4. The molecule has 0 spiro atoms. The van der Waals surface area contributed by atoms with Gasteiger partial charge in [-0.15, -0.1) is 0 Å². The van der Waals surface area contributed by atoms with Crippen molar-refractivity contribution in [1.29, 1.82) is 0 Å². The van der Waals surface area contributed by atoms with E-state index in [1.165, 1.54) is 0 Å². The predicted molar refractivity (Wildman–Crippen MR) is 88.2 cm³/mol. The van der Waals surface area contributed by atoms with Gasteiger partial charge in [0.2, 0.25) is 0 Å². The van der Waals surface area contributed by atoms with Gasteiger partial charge in [0.25, 0.3) is 0 Å². The second kappa shape index (κ2) is 12.7. The third kappa shape index (κ3) is 10.9. The fourth-order valence-corrected chi connectivity index (χ4v) is 2.53. The van der Waals surface area contributed by atoms with Gasteiger partial charge in [-0.1, -0.05) is 13.8 Å². The minimum absolute atomic E-state index is 0.0788. The SMILES string of the molecule is CCC(CC)N(CCN(CCNCC(=O)O)CC(=O)O)CC(=O)O. The summed E-state index contributed by atoms with van der Waals surface area (Å²) in [6.07, 6.45) is 1.64. The summed E-state index contributed by atoms with van der Waals surface area (Å²) >= 11 is 0. The standard InChI is InChI=1S/C15H29N3O6/c1-3-12(4-2)18(11-15(23)24)8-7-17(10-14(21)22)6-5-16-9-13(19)20/h12,16H,3-11H2,1-2H3,(H,19,20)(H,21,22)(H,23,24). The molecule has 4 N–H and O–H groups in total. The van der Waals surface area contributed by atoms with Gasteiger partial charge in [-0.2, -0.15) is 0 Å². The summed E-state index contributed by atoms with van der Waals surface area (Å²) in [6, 6.07) is 0.137. The van der Waals surface area contributed by atoms with Gasteiger partial charge >= 0.3 is 17.9 Å². The average Bonchev–Trinajstić information content (AvgIpc) is 2.48. The van der Waals surface area contributed by atoms with Crippen LogP contribution in [0, 0.1) is 0 Å². The van der Waals surface area contributed by atoms with Gasteiger partial charge in [0.05, 0.1) is 19.6 Å². The lowest BCUT2D eigenvalue weighted by Crippen LogP contribution is -2.45. The van der Waals surface area contributed by atoms with E-state index in [4.69, 9.17) is 15.3 Å². The molecule has 0 heterocycles. The maximum absolute atomic E-state index is 11.0. The summed E-state index contributed by atoms with van der Waals surface area (Å²) in [6.45, 7) is 5.15. The minimum Gasteiger partial charge on any atom is -0.480 e. The first-order valence-corrected chi connectivity index (χ1v) is 8.12. The van der Waals surface area contributed by atoms with E-state index < -0.39 is 17.9 Å². The van der Waals surface area contributed by atoms with Gasteiger partial charge in [0.15, 0.2) is 0 Å². The highest BCUT2D eigenvalue weighted by atomic mass is 16.4. The van der Waals surface area contributed by atoms with Gasteiger partial charge in [0, 0.05) is 32.2 Å². The van der Waals surface area contributed by atoms with Crippen molar-refractivity contribution in [3.05, 3.63) is 0 Å². The molecule has 0 amide bonds. The van der Waals surface area contributed by atoms with Crippen LogP contribution in [0.15, 0.2) is 0 Å². The summed E-state index contributed by atoms with van der Waals surface area (Å²) in [5.74, 6) is -2.85. The molecule has 0 aromatic rings. The fourth-order valence-electron chi connectivity index (χ4n) is 2.53. The monoisotopic (exact) mass is 347 g/mol. The molecule has 0 aliphatic carbocycles. The molecule has 0 aliphatic heterocycles. The van der Waals surface area contributed by atoms with Crippen LogP contribution in [-0.2, 0) is 14.4 Å². The average molecular weight is 347 g/mol. The zero-order chi connectivity index (χ0) is 18.5. The summed E-state index contributed by atoms with van der Waals surface area (Å²) < 4.78 is 0. The van der Waals surface area contributed by atoms with Crippen molar-refractivity contribution < 1.29 is 29.7 Å². The first-order chi connectivity index (χ1) is 11.3. The van der Waals surface area contributed by atoms with Gasteiger partial charge in [-0.3, -0.25) is 24.2 Å². The van der Waals surface area contributed by atoms with Gasteiger partial charge < -0.3 is 20.6 Å². The third-order valence-corrected chi connectivity index (χ3v) is 3.74. The van der Waals surface area contributed by atoms with Crippen molar-refractivity contribution in [3.8, 4) is 0 Å². The van der Waals surface area contributed by atoms with Crippen LogP contribution >= 0.6 is 0 Å². The van der Waals surface area contributed by atoms with E-state index in [0.29, 0.717) is 26.2 Å². The molecule has 0 rings (SSSR count). The van der Waals surface area contributed by atoms with Crippen LogP contribution in [0.2, 0.25) is 0 Å². The molecule has 0 aromatic heterocycles. The van der Waals surface area contributed by atoms with Crippen LogP contribution < -0.4 is 5.32 Å². The molecule has 140 valence electrons. The highest BCUT2D eigenvalue weighted by Gasteiger charge is 2.19. The minimum atomic E-state index is -0.972. The Balaban J connectivity index is 4.57. The van der Waals surface area contributed by atoms with Crippen LogP contribution in [0.25, 0.3) is 0 Å². The number of carboxylic acid groups (broad SMARTS) is 3. The molecule has 0 unspecified atom stereocenters. The lowest BCUT2D eigenvalue weighted by Gasteiger charge is -2.31. The lowest BCUT2D eigenvalue weighted by atomic mass is 10.1. The van der Waals surface area contributed by atoms with Crippen LogP contribution in [0.5, 0.6) is 0 Å². The number of carboxylic acids is 3. The normalized spacial score (nSPS) is 11.4. The Morgan fingerprint density at radius 1 is 0.875 bits per heavy atom. The zero-order valence-electron chi connectivity index (χ0n) is 14.4. The van der Waals surface area contributed by atoms with Crippen LogP contribution in [0.4, 0.5) is 0 Å². The maximum Gasteiger partial charge on any atom is 0.317 e. The number of hydrogen-bond acceptors (Lipinski definition) is 6. The molecule has 9 nitrogen and oxygen atoms in total. The largest absolute Gasteiger partial charge is 0.480 e. The zero-order valence-corrected chi connectivity index (χ0v) is 14.4. The van der Waals surface area contributed by atoms with Gasteiger partial charge in [0.1, 0.15) is 0 Å². The molecule has 0 radical (unpaired) electrons. The first kappa shape index (κ1) is 22.3. The molecule has 0 bridgehead atoms. The van der Waals surface area contributed by atoms with E-state index >= 15 is 0 Å².